The Labute approximate surface area is 132 Å². The molecule has 0 spiro atoms. The number of carbonyl (C=O) groups excluding carboxylic acids is 1. The van der Waals surface area contributed by atoms with Gasteiger partial charge in [0, 0.05) is 26.1 Å². The van der Waals surface area contributed by atoms with E-state index in [1.54, 1.807) is 24.1 Å². The monoisotopic (exact) mass is 310 g/mol. The van der Waals surface area contributed by atoms with Crippen molar-refractivity contribution in [2.45, 2.75) is 39.2 Å². The molecule has 0 bridgehead atoms. The molecule has 5 heteroatoms. The highest BCUT2D eigenvalue weighted by molar-refractivity contribution is 5.75. The van der Waals surface area contributed by atoms with E-state index in [2.05, 4.69) is 13.8 Å². The van der Waals surface area contributed by atoms with E-state index >= 15 is 0 Å². The van der Waals surface area contributed by atoms with E-state index in [0.29, 0.717) is 37.7 Å². The summed E-state index contributed by atoms with van der Waals surface area (Å²) in [5.74, 6) is 0.847. The lowest BCUT2D eigenvalue weighted by Gasteiger charge is -2.21. The van der Waals surface area contributed by atoms with Crippen LogP contribution in [0.15, 0.2) is 24.3 Å². The molecule has 22 heavy (non-hydrogen) atoms. The molecule has 1 unspecified atom stereocenters. The molecule has 1 aromatic carbocycles. The number of hydrogen-bond donors (Lipinski definition) is 1. The van der Waals surface area contributed by atoms with Crippen LogP contribution in [0.5, 0.6) is 5.75 Å². The standard InChI is InChI=1S/C17H27FN2O2/c1-13(2)16(19)10-11-20(3)17(21)5-4-12-22-15-8-6-14(18)7-9-15/h6-9,13,16H,4-5,10-12,19H2,1-3H3. The second-order valence-electron chi connectivity index (χ2n) is 5.92. The number of ether oxygens (including phenoxy) is 1. The van der Waals surface area contributed by atoms with Crippen LogP contribution in [0.1, 0.15) is 33.1 Å². The maximum Gasteiger partial charge on any atom is 0.222 e. The molecule has 0 aliphatic carbocycles. The summed E-state index contributed by atoms with van der Waals surface area (Å²) in [5, 5.41) is 0. The molecule has 0 radical (unpaired) electrons. The van der Waals surface area contributed by atoms with Gasteiger partial charge >= 0.3 is 0 Å². The molecule has 0 fully saturated rings. The zero-order chi connectivity index (χ0) is 16.5. The fourth-order valence-electron chi connectivity index (χ4n) is 1.94. The Morgan fingerprint density at radius 3 is 2.55 bits per heavy atom. The molecule has 0 saturated heterocycles. The molecule has 1 aromatic rings. The van der Waals surface area contributed by atoms with E-state index in [1.807, 2.05) is 0 Å². The highest BCUT2D eigenvalue weighted by Crippen LogP contribution is 2.11. The molecular formula is C17H27FN2O2. The third kappa shape index (κ3) is 6.89. The average Bonchev–Trinajstić information content (AvgIpc) is 2.50. The number of amides is 1. The van der Waals surface area contributed by atoms with Gasteiger partial charge in [-0.15, -0.1) is 0 Å². The van der Waals surface area contributed by atoms with Gasteiger partial charge in [-0.25, -0.2) is 4.39 Å². The van der Waals surface area contributed by atoms with Gasteiger partial charge in [0.2, 0.25) is 5.91 Å². The summed E-state index contributed by atoms with van der Waals surface area (Å²) < 4.78 is 18.2. The molecule has 4 nitrogen and oxygen atoms in total. The molecule has 1 rings (SSSR count). The van der Waals surface area contributed by atoms with E-state index in [-0.39, 0.29) is 17.8 Å². The molecule has 0 aliphatic heterocycles. The lowest BCUT2D eigenvalue weighted by atomic mass is 10.0. The topological polar surface area (TPSA) is 55.6 Å². The number of halogens is 1. The summed E-state index contributed by atoms with van der Waals surface area (Å²) >= 11 is 0. The molecule has 1 amide bonds. The van der Waals surface area contributed by atoms with E-state index in [9.17, 15) is 9.18 Å². The Morgan fingerprint density at radius 2 is 1.95 bits per heavy atom. The zero-order valence-corrected chi connectivity index (χ0v) is 13.7. The number of benzene rings is 1. The van der Waals surface area contributed by atoms with Gasteiger partial charge in [0.1, 0.15) is 11.6 Å². The third-order valence-corrected chi connectivity index (χ3v) is 3.70. The number of nitrogens with two attached hydrogens (primary N) is 1. The van der Waals surface area contributed by atoms with Gasteiger partial charge in [-0.2, -0.15) is 0 Å². The average molecular weight is 310 g/mol. The molecule has 0 heterocycles. The quantitative estimate of drug-likeness (QED) is 0.714. The van der Waals surface area contributed by atoms with Crippen molar-refractivity contribution >= 4 is 5.91 Å². The van der Waals surface area contributed by atoms with E-state index in [1.165, 1.54) is 12.1 Å². The van der Waals surface area contributed by atoms with E-state index in [4.69, 9.17) is 10.5 Å². The predicted octanol–water partition coefficient (Wildman–Crippen LogP) is 2.82. The number of carbonyl (C=O) groups is 1. The van der Waals surface area contributed by atoms with Gasteiger partial charge in [-0.3, -0.25) is 4.79 Å². The Balaban J connectivity index is 2.18. The summed E-state index contributed by atoms with van der Waals surface area (Å²) in [6.07, 6.45) is 1.89. The molecule has 0 aromatic heterocycles. The smallest absolute Gasteiger partial charge is 0.222 e. The first-order chi connectivity index (χ1) is 10.4. The fourth-order valence-corrected chi connectivity index (χ4v) is 1.94. The van der Waals surface area contributed by atoms with Crippen molar-refractivity contribution in [1.82, 2.24) is 4.90 Å². The number of nitrogens with zero attached hydrogens (tertiary/aromatic N) is 1. The van der Waals surface area contributed by atoms with E-state index < -0.39 is 0 Å². The highest BCUT2D eigenvalue weighted by atomic mass is 19.1. The Hall–Kier alpha value is -1.62. The SMILES string of the molecule is CC(C)C(N)CCN(C)C(=O)CCCOc1ccc(F)cc1. The molecule has 1 atom stereocenters. The largest absolute Gasteiger partial charge is 0.494 e. The maximum atomic E-state index is 12.7. The van der Waals surface area contributed by atoms with Crippen molar-refractivity contribution in [2.24, 2.45) is 11.7 Å². The minimum atomic E-state index is -0.288. The Morgan fingerprint density at radius 1 is 1.32 bits per heavy atom. The van der Waals surface area contributed by atoms with Crippen LogP contribution in [0.25, 0.3) is 0 Å². The van der Waals surface area contributed by atoms with Gasteiger partial charge in [0.15, 0.2) is 0 Å². The summed E-state index contributed by atoms with van der Waals surface area (Å²) in [6.45, 7) is 5.28. The minimum Gasteiger partial charge on any atom is -0.494 e. The van der Waals surface area contributed by atoms with Crippen molar-refractivity contribution in [3.8, 4) is 5.75 Å². The van der Waals surface area contributed by atoms with Crippen molar-refractivity contribution in [3.63, 3.8) is 0 Å². The van der Waals surface area contributed by atoms with Gasteiger partial charge in [-0.05, 0) is 43.0 Å². The predicted molar refractivity (Wildman–Crippen MR) is 86.2 cm³/mol. The van der Waals surface area contributed by atoms with Crippen LogP contribution in [0.4, 0.5) is 4.39 Å². The number of rotatable bonds is 9. The van der Waals surface area contributed by atoms with Crippen molar-refractivity contribution in [2.75, 3.05) is 20.2 Å². The van der Waals surface area contributed by atoms with Crippen molar-refractivity contribution in [1.29, 1.82) is 0 Å². The summed E-state index contributed by atoms with van der Waals surface area (Å²) in [7, 11) is 1.80. The van der Waals surface area contributed by atoms with Crippen LogP contribution in [0.2, 0.25) is 0 Å². The summed E-state index contributed by atoms with van der Waals surface area (Å²) in [6, 6.07) is 5.99. The zero-order valence-electron chi connectivity index (χ0n) is 13.7. The lowest BCUT2D eigenvalue weighted by molar-refractivity contribution is -0.130. The maximum absolute atomic E-state index is 12.7. The summed E-state index contributed by atoms with van der Waals surface area (Å²) in [5.41, 5.74) is 5.98. The molecule has 0 saturated carbocycles. The van der Waals surface area contributed by atoms with Crippen LogP contribution in [-0.4, -0.2) is 37.0 Å². The fraction of sp³-hybridized carbons (Fsp3) is 0.588. The van der Waals surface area contributed by atoms with Crippen LogP contribution < -0.4 is 10.5 Å². The first-order valence-corrected chi connectivity index (χ1v) is 7.78. The van der Waals surface area contributed by atoms with Gasteiger partial charge in [0.25, 0.3) is 0 Å². The van der Waals surface area contributed by atoms with Gasteiger partial charge in [-0.1, -0.05) is 13.8 Å². The Kier molecular flexibility index (Phi) is 7.88. The first-order valence-electron chi connectivity index (χ1n) is 7.78. The van der Waals surface area contributed by atoms with Gasteiger partial charge < -0.3 is 15.4 Å². The molecule has 124 valence electrons. The second kappa shape index (κ2) is 9.41. The van der Waals surface area contributed by atoms with Crippen molar-refractivity contribution < 1.29 is 13.9 Å². The lowest BCUT2D eigenvalue weighted by Crippen LogP contribution is -2.34. The van der Waals surface area contributed by atoms with Crippen molar-refractivity contribution in [3.05, 3.63) is 30.1 Å². The Bertz CT molecular complexity index is 448. The van der Waals surface area contributed by atoms with Crippen LogP contribution in [0, 0.1) is 11.7 Å². The molecule has 2 N–H and O–H groups in total. The molecule has 0 aliphatic rings. The normalized spacial score (nSPS) is 12.3. The summed E-state index contributed by atoms with van der Waals surface area (Å²) in [4.78, 5) is 13.7. The highest BCUT2D eigenvalue weighted by Gasteiger charge is 2.12. The second-order valence-corrected chi connectivity index (χ2v) is 5.92. The molecular weight excluding hydrogens is 283 g/mol. The van der Waals surface area contributed by atoms with E-state index in [0.717, 1.165) is 6.42 Å². The third-order valence-electron chi connectivity index (χ3n) is 3.70. The van der Waals surface area contributed by atoms with Crippen LogP contribution in [0.3, 0.4) is 0 Å². The minimum absolute atomic E-state index is 0.0960. The van der Waals surface area contributed by atoms with Gasteiger partial charge in [0.05, 0.1) is 6.61 Å². The first kappa shape index (κ1) is 18.4. The number of hydrogen-bond acceptors (Lipinski definition) is 3. The van der Waals surface area contributed by atoms with Crippen LogP contribution >= 0.6 is 0 Å². The van der Waals surface area contributed by atoms with Crippen LogP contribution in [-0.2, 0) is 4.79 Å².